The molecule has 0 saturated heterocycles. The molecule has 0 aliphatic carbocycles. The Bertz CT molecular complexity index is 989. The first-order valence-electron chi connectivity index (χ1n) is 8.26. The van der Waals surface area contributed by atoms with Crippen molar-refractivity contribution in [2.45, 2.75) is 34.2 Å². The third kappa shape index (κ3) is 3.09. The van der Waals surface area contributed by atoms with Crippen molar-refractivity contribution < 1.29 is 4.79 Å². The highest BCUT2D eigenvalue weighted by atomic mass is 32.1. The molecule has 0 N–H and O–H groups in total. The Labute approximate surface area is 150 Å². The highest BCUT2D eigenvalue weighted by Gasteiger charge is 2.19. The normalized spacial score (nSPS) is 11.0. The van der Waals surface area contributed by atoms with Gasteiger partial charge in [-0.25, -0.2) is 4.98 Å². The number of para-hydroxylation sites is 1. The van der Waals surface area contributed by atoms with Crippen molar-refractivity contribution in [3.8, 4) is 0 Å². The summed E-state index contributed by atoms with van der Waals surface area (Å²) in [5.41, 5.74) is 1.65. The number of aryl methyl sites for hydroxylation is 3. The zero-order valence-electron chi connectivity index (χ0n) is 14.9. The second kappa shape index (κ2) is 6.80. The predicted octanol–water partition coefficient (Wildman–Crippen LogP) is 3.44. The maximum Gasteiger partial charge on any atom is 0.263 e. The summed E-state index contributed by atoms with van der Waals surface area (Å²) in [5, 5.41) is 0.628. The van der Waals surface area contributed by atoms with Gasteiger partial charge in [0.1, 0.15) is 17.2 Å². The molecule has 0 unspecified atom stereocenters. The minimum absolute atomic E-state index is 0.00925. The molecule has 3 rings (SSSR count). The standard InChI is InChI=1S/C19H21N3O2S/c1-5-21(15-9-7-6-8-10-15)16(23)11-22-14(4)20-18-17(19(22)24)12(2)13(3)25-18/h6-10H,5,11H2,1-4H3. The van der Waals surface area contributed by atoms with Gasteiger partial charge in [0.2, 0.25) is 5.91 Å². The molecule has 6 heteroatoms. The Hall–Kier alpha value is -2.47. The molecule has 0 spiro atoms. The molecule has 25 heavy (non-hydrogen) atoms. The molecular weight excluding hydrogens is 334 g/mol. The van der Waals surface area contributed by atoms with Crippen LogP contribution in [0.15, 0.2) is 35.1 Å². The average Bonchev–Trinajstić information content (AvgIpc) is 2.87. The van der Waals surface area contributed by atoms with Crippen molar-refractivity contribution >= 4 is 33.1 Å². The number of rotatable bonds is 4. The van der Waals surface area contributed by atoms with E-state index in [1.807, 2.05) is 51.1 Å². The third-order valence-corrected chi connectivity index (χ3v) is 5.56. The van der Waals surface area contributed by atoms with Crippen LogP contribution in [-0.2, 0) is 11.3 Å². The Morgan fingerprint density at radius 1 is 1.20 bits per heavy atom. The molecule has 0 atom stereocenters. The van der Waals surface area contributed by atoms with Gasteiger partial charge in [-0.3, -0.25) is 14.2 Å². The zero-order valence-corrected chi connectivity index (χ0v) is 15.7. The minimum Gasteiger partial charge on any atom is -0.311 e. The summed E-state index contributed by atoms with van der Waals surface area (Å²) in [6, 6.07) is 9.49. The summed E-state index contributed by atoms with van der Waals surface area (Å²) in [5.74, 6) is 0.445. The summed E-state index contributed by atoms with van der Waals surface area (Å²) in [6.45, 7) is 8.15. The van der Waals surface area contributed by atoms with Crippen molar-refractivity contribution in [1.82, 2.24) is 9.55 Å². The van der Waals surface area contributed by atoms with Crippen LogP contribution in [0.2, 0.25) is 0 Å². The molecule has 5 nitrogen and oxygen atoms in total. The van der Waals surface area contributed by atoms with E-state index >= 15 is 0 Å². The maximum absolute atomic E-state index is 12.9. The number of aromatic nitrogens is 2. The number of likely N-dealkylation sites (N-methyl/N-ethyl adjacent to an activating group) is 1. The molecule has 130 valence electrons. The van der Waals surface area contributed by atoms with E-state index in [-0.39, 0.29) is 18.0 Å². The van der Waals surface area contributed by atoms with Crippen LogP contribution in [0.25, 0.3) is 10.2 Å². The summed E-state index contributed by atoms with van der Waals surface area (Å²) in [4.78, 5) is 33.8. The molecule has 3 aromatic rings. The molecule has 0 bridgehead atoms. The van der Waals surface area contributed by atoms with E-state index in [4.69, 9.17) is 0 Å². The van der Waals surface area contributed by atoms with Gasteiger partial charge >= 0.3 is 0 Å². The lowest BCUT2D eigenvalue weighted by Crippen LogP contribution is -2.37. The minimum atomic E-state index is -0.137. The van der Waals surface area contributed by atoms with E-state index in [0.29, 0.717) is 17.8 Å². The first-order valence-corrected chi connectivity index (χ1v) is 9.08. The number of carbonyl (C=O) groups is 1. The molecule has 0 radical (unpaired) electrons. The summed E-state index contributed by atoms with van der Waals surface area (Å²) < 4.78 is 1.48. The fraction of sp³-hybridized carbons (Fsp3) is 0.316. The van der Waals surface area contributed by atoms with Crippen LogP contribution in [0.1, 0.15) is 23.2 Å². The van der Waals surface area contributed by atoms with Gasteiger partial charge < -0.3 is 4.90 Å². The Kier molecular flexibility index (Phi) is 4.72. The summed E-state index contributed by atoms with van der Waals surface area (Å²) in [7, 11) is 0. The SMILES string of the molecule is CCN(C(=O)Cn1c(C)nc2sc(C)c(C)c2c1=O)c1ccccc1. The van der Waals surface area contributed by atoms with Crippen molar-refractivity contribution in [1.29, 1.82) is 0 Å². The lowest BCUT2D eigenvalue weighted by Gasteiger charge is -2.22. The van der Waals surface area contributed by atoms with Crippen LogP contribution < -0.4 is 10.5 Å². The molecule has 2 aromatic heterocycles. The molecular formula is C19H21N3O2S. The molecule has 0 aliphatic rings. The van der Waals surface area contributed by atoms with Crippen LogP contribution in [0, 0.1) is 20.8 Å². The first kappa shape index (κ1) is 17.4. The number of fused-ring (bicyclic) bond motifs is 1. The summed E-state index contributed by atoms with van der Waals surface area (Å²) >= 11 is 1.52. The molecule has 0 fully saturated rings. The van der Waals surface area contributed by atoms with Gasteiger partial charge in [0.25, 0.3) is 5.56 Å². The van der Waals surface area contributed by atoms with Crippen molar-refractivity contribution in [2.24, 2.45) is 0 Å². The number of thiophene rings is 1. The molecule has 1 aromatic carbocycles. The largest absolute Gasteiger partial charge is 0.311 e. The van der Waals surface area contributed by atoms with Crippen LogP contribution in [0.5, 0.6) is 0 Å². The van der Waals surface area contributed by atoms with Crippen LogP contribution in [0.4, 0.5) is 5.69 Å². The average molecular weight is 355 g/mol. The van der Waals surface area contributed by atoms with E-state index in [0.717, 1.165) is 21.0 Å². The van der Waals surface area contributed by atoms with Gasteiger partial charge in [-0.15, -0.1) is 11.3 Å². The number of amides is 1. The van der Waals surface area contributed by atoms with Crippen LogP contribution >= 0.6 is 11.3 Å². The van der Waals surface area contributed by atoms with Crippen molar-refractivity contribution in [2.75, 3.05) is 11.4 Å². The van der Waals surface area contributed by atoms with Crippen LogP contribution in [-0.4, -0.2) is 22.0 Å². The smallest absolute Gasteiger partial charge is 0.263 e. The number of hydrogen-bond donors (Lipinski definition) is 0. The van der Waals surface area contributed by atoms with Gasteiger partial charge in [-0.05, 0) is 45.4 Å². The highest BCUT2D eigenvalue weighted by molar-refractivity contribution is 7.18. The lowest BCUT2D eigenvalue weighted by molar-refractivity contribution is -0.119. The second-order valence-electron chi connectivity index (χ2n) is 5.99. The van der Waals surface area contributed by atoms with E-state index in [2.05, 4.69) is 4.98 Å². The van der Waals surface area contributed by atoms with E-state index in [1.54, 1.807) is 11.8 Å². The Morgan fingerprint density at radius 3 is 2.52 bits per heavy atom. The van der Waals surface area contributed by atoms with Gasteiger partial charge in [-0.2, -0.15) is 0 Å². The number of carbonyl (C=O) groups excluding carboxylic acids is 1. The number of nitrogens with zero attached hydrogens (tertiary/aromatic N) is 3. The molecule has 0 saturated carbocycles. The lowest BCUT2D eigenvalue weighted by atomic mass is 10.2. The number of hydrogen-bond acceptors (Lipinski definition) is 4. The second-order valence-corrected chi connectivity index (χ2v) is 7.19. The Balaban J connectivity index is 2.01. The first-order chi connectivity index (χ1) is 11.9. The summed E-state index contributed by atoms with van der Waals surface area (Å²) in [6.07, 6.45) is 0. The molecule has 1 amide bonds. The number of benzene rings is 1. The fourth-order valence-corrected chi connectivity index (χ4v) is 4.01. The van der Waals surface area contributed by atoms with Crippen LogP contribution in [0.3, 0.4) is 0 Å². The van der Waals surface area contributed by atoms with E-state index < -0.39 is 0 Å². The topological polar surface area (TPSA) is 55.2 Å². The highest BCUT2D eigenvalue weighted by Crippen LogP contribution is 2.26. The van der Waals surface area contributed by atoms with Gasteiger partial charge in [-0.1, -0.05) is 18.2 Å². The van der Waals surface area contributed by atoms with Crippen molar-refractivity contribution in [3.63, 3.8) is 0 Å². The Morgan fingerprint density at radius 2 is 1.88 bits per heavy atom. The predicted molar refractivity (Wildman–Crippen MR) is 103 cm³/mol. The monoisotopic (exact) mass is 355 g/mol. The van der Waals surface area contributed by atoms with Gasteiger partial charge in [0.15, 0.2) is 0 Å². The van der Waals surface area contributed by atoms with E-state index in [1.165, 1.54) is 15.9 Å². The van der Waals surface area contributed by atoms with Crippen molar-refractivity contribution in [3.05, 3.63) is 57.0 Å². The van der Waals surface area contributed by atoms with Gasteiger partial charge in [0, 0.05) is 17.1 Å². The molecule has 2 heterocycles. The quantitative estimate of drug-likeness (QED) is 0.720. The molecule has 0 aliphatic heterocycles. The van der Waals surface area contributed by atoms with Gasteiger partial charge in [0.05, 0.1) is 5.39 Å². The zero-order chi connectivity index (χ0) is 18.1. The number of anilines is 1. The van der Waals surface area contributed by atoms with E-state index in [9.17, 15) is 9.59 Å². The maximum atomic E-state index is 12.9. The third-order valence-electron chi connectivity index (χ3n) is 4.46. The fourth-order valence-electron chi connectivity index (χ4n) is 2.95.